The molecular formula is C20H21FN4OS2. The largest absolute Gasteiger partial charge is 0.341 e. The van der Waals surface area contributed by atoms with E-state index >= 15 is 0 Å². The molecule has 1 heterocycles. The molecule has 0 radical (unpaired) electrons. The molecule has 5 nitrogen and oxygen atoms in total. The first kappa shape index (κ1) is 20.3. The van der Waals surface area contributed by atoms with E-state index in [9.17, 15) is 9.18 Å². The molecule has 0 saturated carbocycles. The van der Waals surface area contributed by atoms with Crippen LogP contribution in [0.5, 0.6) is 0 Å². The lowest BCUT2D eigenvalue weighted by atomic mass is 10.1. The van der Waals surface area contributed by atoms with Gasteiger partial charge in [-0.2, -0.15) is 0 Å². The highest BCUT2D eigenvalue weighted by molar-refractivity contribution is 8.01. The van der Waals surface area contributed by atoms with Crippen LogP contribution in [-0.2, 0) is 17.8 Å². The minimum absolute atomic E-state index is 0.0350. The number of hydrogen-bond acceptors (Lipinski definition) is 6. The van der Waals surface area contributed by atoms with E-state index < -0.39 is 0 Å². The van der Waals surface area contributed by atoms with E-state index in [0.29, 0.717) is 21.8 Å². The van der Waals surface area contributed by atoms with Crippen molar-refractivity contribution < 1.29 is 9.18 Å². The average molecular weight is 417 g/mol. The highest BCUT2D eigenvalue weighted by atomic mass is 32.2. The fourth-order valence-electron chi connectivity index (χ4n) is 2.45. The molecule has 1 N–H and O–H groups in total. The number of anilines is 2. The van der Waals surface area contributed by atoms with Crippen LogP contribution in [0, 0.1) is 5.82 Å². The number of amides is 1. The lowest BCUT2D eigenvalue weighted by molar-refractivity contribution is -0.127. The van der Waals surface area contributed by atoms with Crippen LogP contribution < -0.4 is 5.32 Å². The summed E-state index contributed by atoms with van der Waals surface area (Å²) in [7, 11) is 1.80. The minimum Gasteiger partial charge on any atom is -0.341 e. The summed E-state index contributed by atoms with van der Waals surface area (Å²) in [6.45, 7) is 2.70. The van der Waals surface area contributed by atoms with Crippen molar-refractivity contribution in [3.8, 4) is 0 Å². The molecule has 8 heteroatoms. The van der Waals surface area contributed by atoms with Crippen LogP contribution >= 0.6 is 23.1 Å². The van der Waals surface area contributed by atoms with E-state index in [1.54, 1.807) is 24.1 Å². The standard InChI is InChI=1S/C20H21FN4OS2/c1-3-14-4-6-15(7-5-14)12-25(2)18(26)13-27-20-24-23-19(28-20)22-17-10-8-16(21)9-11-17/h4-11H,3,12-13H2,1-2H3,(H,22,23). The number of aryl methyl sites for hydroxylation is 1. The number of aromatic nitrogens is 2. The zero-order valence-electron chi connectivity index (χ0n) is 15.7. The van der Waals surface area contributed by atoms with Crippen LogP contribution in [0.25, 0.3) is 0 Å². The molecule has 0 fully saturated rings. The Kier molecular flexibility index (Phi) is 7.00. The van der Waals surface area contributed by atoms with Crippen molar-refractivity contribution in [1.82, 2.24) is 15.1 Å². The summed E-state index contributed by atoms with van der Waals surface area (Å²) in [5, 5.41) is 11.8. The molecule has 28 heavy (non-hydrogen) atoms. The van der Waals surface area contributed by atoms with E-state index in [1.165, 1.54) is 40.8 Å². The summed E-state index contributed by atoms with van der Waals surface area (Å²) in [5.74, 6) is 0.0464. The molecule has 0 aliphatic heterocycles. The second-order valence-electron chi connectivity index (χ2n) is 6.21. The first-order valence-electron chi connectivity index (χ1n) is 8.84. The monoisotopic (exact) mass is 416 g/mol. The number of nitrogens with zero attached hydrogens (tertiary/aromatic N) is 3. The molecule has 0 aliphatic carbocycles. The number of carbonyl (C=O) groups excluding carboxylic acids is 1. The van der Waals surface area contributed by atoms with Gasteiger partial charge in [-0.15, -0.1) is 10.2 Å². The molecule has 0 saturated heterocycles. The number of thioether (sulfide) groups is 1. The van der Waals surface area contributed by atoms with Gasteiger partial charge in [0.2, 0.25) is 11.0 Å². The molecule has 0 atom stereocenters. The Hall–Kier alpha value is -2.45. The number of nitrogens with one attached hydrogen (secondary N) is 1. The minimum atomic E-state index is -0.289. The van der Waals surface area contributed by atoms with Gasteiger partial charge in [-0.25, -0.2) is 4.39 Å². The van der Waals surface area contributed by atoms with Gasteiger partial charge in [0.05, 0.1) is 5.75 Å². The third kappa shape index (κ3) is 5.77. The van der Waals surface area contributed by atoms with Crippen LogP contribution in [-0.4, -0.2) is 33.8 Å². The summed E-state index contributed by atoms with van der Waals surface area (Å²) >= 11 is 2.72. The second kappa shape index (κ2) is 9.66. The van der Waals surface area contributed by atoms with Crippen LogP contribution in [0.1, 0.15) is 18.1 Å². The van der Waals surface area contributed by atoms with Gasteiger partial charge in [0.15, 0.2) is 4.34 Å². The average Bonchev–Trinajstić information content (AvgIpc) is 3.15. The van der Waals surface area contributed by atoms with Crippen molar-refractivity contribution in [2.24, 2.45) is 0 Å². The zero-order valence-corrected chi connectivity index (χ0v) is 17.3. The van der Waals surface area contributed by atoms with Gasteiger partial charge < -0.3 is 10.2 Å². The predicted octanol–water partition coefficient (Wildman–Crippen LogP) is 4.73. The lowest BCUT2D eigenvalue weighted by Gasteiger charge is -2.17. The molecule has 1 amide bonds. The van der Waals surface area contributed by atoms with Gasteiger partial charge in [0, 0.05) is 19.3 Å². The maximum absolute atomic E-state index is 13.0. The third-order valence-electron chi connectivity index (χ3n) is 4.10. The summed E-state index contributed by atoms with van der Waals surface area (Å²) < 4.78 is 13.7. The van der Waals surface area contributed by atoms with Gasteiger partial charge >= 0.3 is 0 Å². The van der Waals surface area contributed by atoms with Crippen LogP contribution in [0.15, 0.2) is 52.9 Å². The highest BCUT2D eigenvalue weighted by Gasteiger charge is 2.12. The quantitative estimate of drug-likeness (QED) is 0.538. The molecule has 0 spiro atoms. The Balaban J connectivity index is 1.48. The third-order valence-corrected chi connectivity index (χ3v) is 6.05. The molecule has 3 rings (SSSR count). The molecule has 0 aliphatic rings. The molecular weight excluding hydrogens is 395 g/mol. The summed E-state index contributed by atoms with van der Waals surface area (Å²) in [4.78, 5) is 14.1. The van der Waals surface area contributed by atoms with Crippen molar-refractivity contribution in [1.29, 1.82) is 0 Å². The number of halogens is 1. The fourth-order valence-corrected chi connectivity index (χ4v) is 4.16. The van der Waals surface area contributed by atoms with Gasteiger partial charge in [0.1, 0.15) is 5.82 Å². The Morgan fingerprint density at radius 1 is 1.11 bits per heavy atom. The van der Waals surface area contributed by atoms with Crippen molar-refractivity contribution in [3.63, 3.8) is 0 Å². The molecule has 1 aromatic heterocycles. The van der Waals surface area contributed by atoms with E-state index in [2.05, 4.69) is 46.7 Å². The van der Waals surface area contributed by atoms with Gasteiger partial charge in [0.25, 0.3) is 0 Å². The number of rotatable bonds is 8. The normalized spacial score (nSPS) is 10.7. The molecule has 3 aromatic rings. The van der Waals surface area contributed by atoms with Gasteiger partial charge in [-0.05, 0) is 41.8 Å². The first-order chi connectivity index (χ1) is 13.5. The highest BCUT2D eigenvalue weighted by Crippen LogP contribution is 2.28. The van der Waals surface area contributed by atoms with E-state index in [0.717, 1.165) is 17.7 Å². The number of hydrogen-bond donors (Lipinski definition) is 1. The van der Waals surface area contributed by atoms with E-state index in [4.69, 9.17) is 0 Å². The molecule has 0 bridgehead atoms. The SMILES string of the molecule is CCc1ccc(CN(C)C(=O)CSc2nnc(Nc3ccc(F)cc3)s2)cc1. The topological polar surface area (TPSA) is 58.1 Å². The van der Waals surface area contributed by atoms with Crippen molar-refractivity contribution >= 4 is 39.8 Å². The number of carbonyl (C=O) groups is 1. The van der Waals surface area contributed by atoms with E-state index in [1.807, 2.05) is 0 Å². The fraction of sp³-hybridized carbons (Fsp3) is 0.250. The Labute approximate surface area is 172 Å². The summed E-state index contributed by atoms with van der Waals surface area (Å²) in [6.07, 6.45) is 1.01. The van der Waals surface area contributed by atoms with Crippen LogP contribution in [0.3, 0.4) is 0 Å². The predicted molar refractivity (Wildman–Crippen MR) is 113 cm³/mol. The van der Waals surface area contributed by atoms with Gasteiger partial charge in [-0.3, -0.25) is 4.79 Å². The van der Waals surface area contributed by atoms with Gasteiger partial charge in [-0.1, -0.05) is 54.3 Å². The zero-order chi connectivity index (χ0) is 19.9. The van der Waals surface area contributed by atoms with Crippen molar-refractivity contribution in [2.75, 3.05) is 18.1 Å². The smallest absolute Gasteiger partial charge is 0.233 e. The van der Waals surface area contributed by atoms with Crippen molar-refractivity contribution in [3.05, 3.63) is 65.5 Å². The Morgan fingerprint density at radius 2 is 1.79 bits per heavy atom. The summed E-state index contributed by atoms with van der Waals surface area (Å²) in [5.41, 5.74) is 3.13. The Bertz CT molecular complexity index is 913. The molecule has 2 aromatic carbocycles. The first-order valence-corrected chi connectivity index (χ1v) is 10.6. The van der Waals surface area contributed by atoms with Crippen molar-refractivity contribution in [2.45, 2.75) is 24.2 Å². The molecule has 146 valence electrons. The van der Waals surface area contributed by atoms with Crippen LogP contribution in [0.2, 0.25) is 0 Å². The maximum Gasteiger partial charge on any atom is 0.233 e. The summed E-state index contributed by atoms with van der Waals surface area (Å²) in [6, 6.07) is 14.3. The number of benzene rings is 2. The molecule has 0 unspecified atom stereocenters. The second-order valence-corrected chi connectivity index (χ2v) is 8.41. The van der Waals surface area contributed by atoms with Crippen LogP contribution in [0.4, 0.5) is 15.2 Å². The Morgan fingerprint density at radius 3 is 2.46 bits per heavy atom. The lowest BCUT2D eigenvalue weighted by Crippen LogP contribution is -2.27. The maximum atomic E-state index is 13.0. The van der Waals surface area contributed by atoms with E-state index in [-0.39, 0.29) is 11.7 Å².